The van der Waals surface area contributed by atoms with Gasteiger partial charge in [0.15, 0.2) is 0 Å². The molecule has 4 heteroatoms. The van der Waals surface area contributed by atoms with Crippen molar-refractivity contribution in [1.82, 2.24) is 4.90 Å². The minimum absolute atomic E-state index is 0.0674. The van der Waals surface area contributed by atoms with Crippen molar-refractivity contribution in [1.29, 1.82) is 0 Å². The molecule has 0 amide bonds. The maximum Gasteiger partial charge on any atom is 0.201 e. The van der Waals surface area contributed by atoms with Crippen molar-refractivity contribution >= 4 is 28.8 Å². The monoisotopic (exact) mass is 627 g/mol. The Hall–Kier alpha value is -4.18. The van der Waals surface area contributed by atoms with Gasteiger partial charge in [0.1, 0.15) is 11.6 Å². The summed E-state index contributed by atoms with van der Waals surface area (Å²) < 4.78 is 6.99. The molecule has 3 aromatic rings. The SMILES string of the molecule is C=C1/C=C\C=C/N(C)C(C2=c3oc4c(c3=C(C)CC2C)C=CC(C(C)(C)C)N4)N1c1c(C(C)C)cc(-c2ccccc2)cc1C(C)C. The molecule has 47 heavy (non-hydrogen) atoms. The zero-order chi connectivity index (χ0) is 33.8. The molecule has 0 fully saturated rings. The fourth-order valence-electron chi connectivity index (χ4n) is 7.60. The highest BCUT2D eigenvalue weighted by Crippen LogP contribution is 2.44. The second-order valence-electron chi connectivity index (χ2n) is 15.5. The average molecular weight is 628 g/mol. The summed E-state index contributed by atoms with van der Waals surface area (Å²) in [5, 5.41) is 5.01. The van der Waals surface area contributed by atoms with Crippen LogP contribution in [0.4, 0.5) is 11.6 Å². The molecule has 0 saturated heterocycles. The van der Waals surface area contributed by atoms with Gasteiger partial charge >= 0.3 is 0 Å². The first-order chi connectivity index (χ1) is 22.3. The number of nitrogens with one attached hydrogen (secondary N) is 1. The van der Waals surface area contributed by atoms with E-state index in [1.165, 1.54) is 49.9 Å². The molecule has 0 radical (unpaired) electrons. The van der Waals surface area contributed by atoms with Gasteiger partial charge in [0.2, 0.25) is 5.88 Å². The quantitative estimate of drug-likeness (QED) is 0.305. The third-order valence-electron chi connectivity index (χ3n) is 10.2. The molecule has 2 aromatic carbocycles. The van der Waals surface area contributed by atoms with E-state index in [0.29, 0.717) is 11.8 Å². The van der Waals surface area contributed by atoms with Gasteiger partial charge in [0.05, 0.1) is 11.7 Å². The molecule has 2 aliphatic heterocycles. The van der Waals surface area contributed by atoms with E-state index in [4.69, 9.17) is 11.0 Å². The zero-order valence-electron chi connectivity index (χ0n) is 30.1. The molecule has 0 spiro atoms. The molecule has 3 heterocycles. The van der Waals surface area contributed by atoms with Crippen molar-refractivity contribution in [3.8, 4) is 11.1 Å². The lowest BCUT2D eigenvalue weighted by Gasteiger charge is -2.45. The van der Waals surface area contributed by atoms with Crippen LogP contribution >= 0.6 is 0 Å². The summed E-state index contributed by atoms with van der Waals surface area (Å²) in [6.07, 6.45) is 14.0. The third kappa shape index (κ3) is 5.92. The van der Waals surface area contributed by atoms with Gasteiger partial charge in [-0.25, -0.2) is 0 Å². The summed E-state index contributed by atoms with van der Waals surface area (Å²) >= 11 is 0. The number of nitrogens with zero attached hydrogens (tertiary/aromatic N) is 2. The highest BCUT2D eigenvalue weighted by molar-refractivity contribution is 5.79. The summed E-state index contributed by atoms with van der Waals surface area (Å²) in [5.41, 5.74) is 12.3. The van der Waals surface area contributed by atoms with Crippen LogP contribution in [0.15, 0.2) is 89.7 Å². The Morgan fingerprint density at radius 1 is 0.936 bits per heavy atom. The topological polar surface area (TPSA) is 31.7 Å². The first kappa shape index (κ1) is 32.7. The standard InChI is InChI=1S/C43H53N3O/c1-26(2)34-24-32(31-18-13-12-14-19-31)25-35(27(3)4)39(34)46-30(7)17-15-16-22-45(11)42(46)38-29(6)23-28(5)37-33-20-21-36(43(8,9)10)44-41(33)47-40(37)38/h12-22,24-27,29,36,42,44H,7,23H2,1-6,8-11H3/b17-15-,22-16-. The van der Waals surface area contributed by atoms with Gasteiger partial charge in [-0.1, -0.05) is 116 Å². The summed E-state index contributed by atoms with van der Waals surface area (Å²) in [6.45, 7) is 25.5. The number of anilines is 2. The van der Waals surface area contributed by atoms with E-state index >= 15 is 0 Å². The van der Waals surface area contributed by atoms with Crippen LogP contribution in [0.3, 0.4) is 0 Å². The first-order valence-corrected chi connectivity index (χ1v) is 17.4. The summed E-state index contributed by atoms with van der Waals surface area (Å²) in [6, 6.07) is 15.8. The predicted molar refractivity (Wildman–Crippen MR) is 202 cm³/mol. The number of hydrogen-bond acceptors (Lipinski definition) is 4. The Morgan fingerprint density at radius 3 is 2.21 bits per heavy atom. The van der Waals surface area contributed by atoms with Crippen molar-refractivity contribution in [2.75, 3.05) is 17.3 Å². The van der Waals surface area contributed by atoms with Crippen molar-refractivity contribution in [2.24, 2.45) is 11.3 Å². The number of fused-ring (bicyclic) bond motifs is 3. The lowest BCUT2D eigenvalue weighted by molar-refractivity contribution is 0.363. The molecule has 1 N–H and O–H groups in total. The van der Waals surface area contributed by atoms with Gasteiger partial charge in [-0.2, -0.15) is 0 Å². The predicted octanol–water partition coefficient (Wildman–Crippen LogP) is 9.77. The summed E-state index contributed by atoms with van der Waals surface area (Å²) in [4.78, 5) is 4.87. The van der Waals surface area contributed by atoms with Gasteiger partial charge in [-0.3, -0.25) is 0 Å². The third-order valence-corrected chi connectivity index (χ3v) is 10.2. The van der Waals surface area contributed by atoms with Crippen LogP contribution in [0.2, 0.25) is 0 Å². The highest BCUT2D eigenvalue weighted by atomic mass is 16.3. The molecule has 6 rings (SSSR count). The fraction of sp³-hybridized carbons (Fsp3) is 0.395. The van der Waals surface area contributed by atoms with Crippen LogP contribution in [0.1, 0.15) is 97.3 Å². The molecule has 3 atom stereocenters. The molecule has 4 nitrogen and oxygen atoms in total. The van der Waals surface area contributed by atoms with Crippen molar-refractivity contribution < 1.29 is 4.42 Å². The zero-order valence-corrected chi connectivity index (χ0v) is 30.1. The van der Waals surface area contributed by atoms with E-state index in [1.54, 1.807) is 0 Å². The van der Waals surface area contributed by atoms with E-state index in [1.807, 2.05) is 0 Å². The van der Waals surface area contributed by atoms with Crippen LogP contribution in [0.25, 0.3) is 28.3 Å². The minimum Gasteiger partial charge on any atom is -0.440 e. The number of benzene rings is 2. The second-order valence-corrected chi connectivity index (χ2v) is 15.5. The number of hydrogen-bond donors (Lipinski definition) is 1. The van der Waals surface area contributed by atoms with E-state index in [-0.39, 0.29) is 23.5 Å². The van der Waals surface area contributed by atoms with Gasteiger partial charge in [-0.15, -0.1) is 0 Å². The number of rotatable bonds is 5. The largest absolute Gasteiger partial charge is 0.440 e. The number of allylic oxidation sites excluding steroid dienone is 3. The van der Waals surface area contributed by atoms with Gasteiger partial charge < -0.3 is 19.5 Å². The smallest absolute Gasteiger partial charge is 0.201 e. The maximum atomic E-state index is 6.99. The van der Waals surface area contributed by atoms with Crippen molar-refractivity contribution in [2.45, 2.75) is 92.8 Å². The maximum absolute atomic E-state index is 6.99. The van der Waals surface area contributed by atoms with E-state index in [2.05, 4.69) is 164 Å². The summed E-state index contributed by atoms with van der Waals surface area (Å²) in [5.74, 6) is 1.75. The van der Waals surface area contributed by atoms with Crippen molar-refractivity contribution in [3.63, 3.8) is 0 Å². The average Bonchev–Trinajstić information content (AvgIpc) is 3.40. The van der Waals surface area contributed by atoms with E-state index in [0.717, 1.165) is 23.4 Å². The molecule has 1 aliphatic carbocycles. The Balaban J connectivity index is 1.66. The van der Waals surface area contributed by atoms with Crippen LogP contribution in [0, 0.1) is 11.3 Å². The Labute approximate surface area is 282 Å². The lowest BCUT2D eigenvalue weighted by Crippen LogP contribution is -2.51. The van der Waals surface area contributed by atoms with E-state index in [9.17, 15) is 0 Å². The van der Waals surface area contributed by atoms with Crippen LogP contribution in [-0.2, 0) is 0 Å². The van der Waals surface area contributed by atoms with Gasteiger partial charge in [0, 0.05) is 35.3 Å². The molecule has 3 unspecified atom stereocenters. The summed E-state index contributed by atoms with van der Waals surface area (Å²) in [7, 11) is 2.20. The van der Waals surface area contributed by atoms with E-state index < -0.39 is 0 Å². The molecule has 3 aliphatic rings. The van der Waals surface area contributed by atoms with Crippen LogP contribution in [0.5, 0.6) is 0 Å². The Morgan fingerprint density at radius 2 is 1.60 bits per heavy atom. The second kappa shape index (κ2) is 12.4. The molecular weight excluding hydrogens is 574 g/mol. The molecule has 0 bridgehead atoms. The number of furan rings is 1. The normalized spacial score (nSPS) is 22.6. The molecule has 1 aromatic heterocycles. The first-order valence-electron chi connectivity index (χ1n) is 17.4. The highest BCUT2D eigenvalue weighted by Gasteiger charge is 2.38. The Bertz CT molecular complexity index is 1860. The molecule has 0 saturated carbocycles. The van der Waals surface area contributed by atoms with Crippen LogP contribution in [-0.4, -0.2) is 24.2 Å². The van der Waals surface area contributed by atoms with Crippen LogP contribution < -0.4 is 20.9 Å². The Kier molecular flexibility index (Phi) is 8.67. The fourth-order valence-corrected chi connectivity index (χ4v) is 7.60. The lowest BCUT2D eigenvalue weighted by atomic mass is 9.82. The molecule has 246 valence electrons. The van der Waals surface area contributed by atoms with Gasteiger partial charge in [-0.05, 0) is 83.1 Å². The van der Waals surface area contributed by atoms with Gasteiger partial charge in [0.25, 0.3) is 0 Å². The minimum atomic E-state index is -0.141. The van der Waals surface area contributed by atoms with Crippen molar-refractivity contribution in [3.05, 3.63) is 113 Å². The molecular formula is C43H53N3O.